The van der Waals surface area contributed by atoms with Gasteiger partial charge in [-0.25, -0.2) is 9.97 Å². The van der Waals surface area contributed by atoms with Gasteiger partial charge in [0.25, 0.3) is 0 Å². The zero-order chi connectivity index (χ0) is 43.2. The first kappa shape index (κ1) is 40.4. The topological polar surface area (TPSA) is 57.4 Å². The predicted octanol–water partition coefficient (Wildman–Crippen LogP) is 15.8. The molecule has 5 heterocycles. The molecule has 0 spiro atoms. The largest absolute Gasteiger partial charge is 0.354 e. The van der Waals surface area contributed by atoms with E-state index in [4.69, 9.17) is 9.97 Å². The summed E-state index contributed by atoms with van der Waals surface area (Å²) in [5.41, 5.74) is 31.4. The van der Waals surface area contributed by atoms with Crippen LogP contribution in [-0.2, 0) is 0 Å². The Balaban J connectivity index is 1.56. The van der Waals surface area contributed by atoms with Crippen molar-refractivity contribution in [3.8, 4) is 44.5 Å². The molecule has 0 aliphatic carbocycles. The molecule has 2 aliphatic heterocycles. The van der Waals surface area contributed by atoms with E-state index in [1.807, 2.05) is 0 Å². The van der Waals surface area contributed by atoms with Crippen LogP contribution in [0.4, 0.5) is 0 Å². The Morgan fingerprint density at radius 3 is 1.05 bits per heavy atom. The van der Waals surface area contributed by atoms with Gasteiger partial charge in [0.1, 0.15) is 0 Å². The molecule has 304 valence electrons. The van der Waals surface area contributed by atoms with Crippen molar-refractivity contribution in [3.63, 3.8) is 0 Å². The third kappa shape index (κ3) is 6.93. The molecule has 4 nitrogen and oxygen atoms in total. The lowest BCUT2D eigenvalue weighted by molar-refractivity contribution is 1.24. The minimum atomic E-state index is 0.897. The second kappa shape index (κ2) is 15.1. The summed E-state index contributed by atoms with van der Waals surface area (Å²) < 4.78 is 0.979. The molecule has 0 radical (unpaired) electrons. The van der Waals surface area contributed by atoms with E-state index in [2.05, 4.69) is 200 Å². The van der Waals surface area contributed by atoms with E-state index in [-0.39, 0.29) is 0 Å². The molecule has 61 heavy (non-hydrogen) atoms. The van der Waals surface area contributed by atoms with Gasteiger partial charge in [-0.05, 0) is 208 Å². The molecule has 4 aromatic carbocycles. The number of fused-ring (bicyclic) bond motifs is 8. The highest BCUT2D eigenvalue weighted by Crippen LogP contribution is 2.44. The Hall–Kier alpha value is -6.04. The molecular weight excluding hydrogens is 809 g/mol. The number of aryl methyl sites for hydroxylation is 12. The number of benzene rings is 4. The van der Waals surface area contributed by atoms with Gasteiger partial charge < -0.3 is 9.97 Å². The monoisotopic (exact) mass is 860 g/mol. The molecule has 5 heteroatoms. The maximum atomic E-state index is 5.64. The maximum Gasteiger partial charge on any atom is 0.0738 e. The lowest BCUT2D eigenvalue weighted by Crippen LogP contribution is -1.97. The van der Waals surface area contributed by atoms with E-state index in [1.54, 1.807) is 0 Å². The van der Waals surface area contributed by atoms with Gasteiger partial charge in [0.05, 0.1) is 28.3 Å². The molecule has 0 atom stereocenters. The summed E-state index contributed by atoms with van der Waals surface area (Å²) in [5, 5.41) is 0. The van der Waals surface area contributed by atoms with E-state index in [1.165, 1.54) is 89.0 Å². The van der Waals surface area contributed by atoms with Crippen molar-refractivity contribution in [2.45, 2.75) is 83.1 Å². The Morgan fingerprint density at radius 1 is 0.328 bits per heavy atom. The maximum absolute atomic E-state index is 5.64. The van der Waals surface area contributed by atoms with E-state index in [0.29, 0.717) is 0 Å². The minimum absolute atomic E-state index is 0.897. The van der Waals surface area contributed by atoms with Crippen molar-refractivity contribution in [1.82, 2.24) is 19.9 Å². The number of hydrogen-bond acceptors (Lipinski definition) is 2. The molecule has 2 aliphatic rings. The highest BCUT2D eigenvalue weighted by Gasteiger charge is 2.24. The minimum Gasteiger partial charge on any atom is -0.354 e. The molecule has 9 rings (SSSR count). The fourth-order valence-corrected chi connectivity index (χ4v) is 11.1. The molecular formula is C56H53BrN4. The Morgan fingerprint density at radius 2 is 0.639 bits per heavy atom. The molecule has 0 amide bonds. The van der Waals surface area contributed by atoms with Crippen molar-refractivity contribution >= 4 is 62.3 Å². The average Bonchev–Trinajstić information content (AvgIpc) is 3.99. The molecule has 8 bridgehead atoms. The summed E-state index contributed by atoms with van der Waals surface area (Å²) in [4.78, 5) is 19.3. The number of halogens is 1. The van der Waals surface area contributed by atoms with Gasteiger partial charge in [0.15, 0.2) is 0 Å². The number of aromatic nitrogens is 4. The standard InChI is InChI=1S/C56H53BrN4/c1-28-19-32(5)48(33(6)20-28)52-41-13-14-42(58-41)53(49-34(7)21-29(2)22-35(49)8)44-17-18-46(60-44)55(51-38(11)25-31(4)26-39(51)12)56-40(57)27-47(61-56)54(45-16-15-43(52)59-45)50-36(9)23-30(3)24-37(50)10/h13-27,59,61H,1-12H3. The molecule has 2 N–H and O–H groups in total. The van der Waals surface area contributed by atoms with E-state index >= 15 is 0 Å². The highest BCUT2D eigenvalue weighted by atomic mass is 79.9. The van der Waals surface area contributed by atoms with E-state index < -0.39 is 0 Å². The summed E-state index contributed by atoms with van der Waals surface area (Å²) in [7, 11) is 0. The SMILES string of the molecule is Cc1cc(C)c(-c2c3nc(c(-c4c(C)cc(C)cc4C)c4ccc([nH]4)c(-c4c(C)cc(C)cc4C)c4cc(Br)c([nH]4)c(-c4c(C)cc(C)cc4C)c4nc2C=C4)C=C3)c(C)c1. The first-order chi connectivity index (χ1) is 29.1. The van der Waals surface area contributed by atoms with Gasteiger partial charge in [0, 0.05) is 43.3 Å². The third-order valence-corrected chi connectivity index (χ3v) is 13.2. The van der Waals surface area contributed by atoms with Crippen LogP contribution >= 0.6 is 15.9 Å². The van der Waals surface area contributed by atoms with Gasteiger partial charge in [-0.3, -0.25) is 0 Å². The van der Waals surface area contributed by atoms with Crippen molar-refractivity contribution in [3.05, 3.63) is 161 Å². The van der Waals surface area contributed by atoms with Crippen LogP contribution in [-0.4, -0.2) is 19.9 Å². The zero-order valence-corrected chi connectivity index (χ0v) is 39.0. The van der Waals surface area contributed by atoms with Crippen LogP contribution in [0.5, 0.6) is 0 Å². The summed E-state index contributed by atoms with van der Waals surface area (Å²) in [5.74, 6) is 0. The summed E-state index contributed by atoms with van der Waals surface area (Å²) in [6.45, 7) is 26.5. The summed E-state index contributed by atoms with van der Waals surface area (Å²) >= 11 is 4.12. The van der Waals surface area contributed by atoms with Crippen molar-refractivity contribution in [2.24, 2.45) is 0 Å². The van der Waals surface area contributed by atoms with Crippen LogP contribution in [0.3, 0.4) is 0 Å². The summed E-state index contributed by atoms with van der Waals surface area (Å²) in [6, 6.07) is 25.0. The quantitative estimate of drug-likeness (QED) is 0.185. The van der Waals surface area contributed by atoms with Crippen molar-refractivity contribution in [2.75, 3.05) is 0 Å². The second-order valence-corrected chi connectivity index (χ2v) is 18.6. The molecule has 0 saturated heterocycles. The fourth-order valence-electron chi connectivity index (χ4n) is 10.6. The second-order valence-electron chi connectivity index (χ2n) is 17.7. The molecule has 7 aromatic rings. The normalized spacial score (nSPS) is 12.2. The van der Waals surface area contributed by atoms with Gasteiger partial charge in [-0.2, -0.15) is 0 Å². The fraction of sp³-hybridized carbons (Fsp3) is 0.214. The van der Waals surface area contributed by atoms with Crippen LogP contribution in [0, 0.1) is 83.1 Å². The molecule has 0 unspecified atom stereocenters. The number of hydrogen-bond donors (Lipinski definition) is 2. The van der Waals surface area contributed by atoms with Gasteiger partial charge in [-0.1, -0.05) is 70.8 Å². The van der Waals surface area contributed by atoms with Crippen molar-refractivity contribution in [1.29, 1.82) is 0 Å². The van der Waals surface area contributed by atoms with Crippen LogP contribution in [0.25, 0.3) is 90.9 Å². The Kier molecular flexibility index (Phi) is 10.0. The highest BCUT2D eigenvalue weighted by molar-refractivity contribution is 9.10. The first-order valence-electron chi connectivity index (χ1n) is 21.3. The number of aromatic amines is 2. The molecule has 0 fully saturated rings. The number of nitrogens with one attached hydrogen (secondary N) is 2. The predicted molar refractivity (Wildman–Crippen MR) is 265 cm³/mol. The zero-order valence-electron chi connectivity index (χ0n) is 37.4. The third-order valence-electron chi connectivity index (χ3n) is 12.5. The molecule has 3 aromatic heterocycles. The van der Waals surface area contributed by atoms with E-state index in [0.717, 1.165) is 71.6 Å². The van der Waals surface area contributed by atoms with Crippen molar-refractivity contribution < 1.29 is 0 Å². The van der Waals surface area contributed by atoms with E-state index in [9.17, 15) is 0 Å². The van der Waals surface area contributed by atoms with Gasteiger partial charge >= 0.3 is 0 Å². The summed E-state index contributed by atoms with van der Waals surface area (Å²) in [6.07, 6.45) is 8.79. The average molecular weight is 862 g/mol. The smallest absolute Gasteiger partial charge is 0.0738 e. The van der Waals surface area contributed by atoms with Crippen LogP contribution < -0.4 is 0 Å². The lowest BCUT2D eigenvalue weighted by atomic mass is 9.92. The van der Waals surface area contributed by atoms with Crippen LogP contribution in [0.1, 0.15) is 89.5 Å². The van der Waals surface area contributed by atoms with Gasteiger partial charge in [0.2, 0.25) is 0 Å². The lowest BCUT2D eigenvalue weighted by Gasteiger charge is -2.15. The Labute approximate surface area is 368 Å². The first-order valence-corrected chi connectivity index (χ1v) is 22.1. The number of nitrogens with zero attached hydrogens (tertiary/aromatic N) is 2. The van der Waals surface area contributed by atoms with Crippen LogP contribution in [0.2, 0.25) is 0 Å². The molecule has 0 saturated carbocycles. The van der Waals surface area contributed by atoms with Gasteiger partial charge in [-0.15, -0.1) is 0 Å². The Bertz CT molecular complexity index is 3180. The number of rotatable bonds is 4. The number of H-pyrrole nitrogens is 2. The van der Waals surface area contributed by atoms with Crippen LogP contribution in [0.15, 0.2) is 71.2 Å².